The van der Waals surface area contributed by atoms with Crippen molar-refractivity contribution in [3.8, 4) is 0 Å². The molecule has 2 N–H and O–H groups in total. The fourth-order valence-corrected chi connectivity index (χ4v) is 2.96. The molecule has 0 aliphatic heterocycles. The number of hydrogen-bond acceptors (Lipinski definition) is 7. The number of ether oxygens (including phenoxy) is 1. The molecule has 1 heterocycles. The Hall–Kier alpha value is -4.87. The third kappa shape index (κ3) is 5.48. The number of pyridine rings is 1. The average molecular weight is 468 g/mol. The van der Waals surface area contributed by atoms with E-state index in [9.17, 15) is 33.7 Å². The number of hydrogen-bond donors (Lipinski definition) is 2. The third-order valence-electron chi connectivity index (χ3n) is 4.55. The lowest BCUT2D eigenvalue weighted by Gasteiger charge is -2.12. The Bertz CT molecular complexity index is 1340. The number of methoxy groups -OCH3 is 1. The zero-order valence-electron chi connectivity index (χ0n) is 17.6. The Morgan fingerprint density at radius 1 is 1.09 bits per heavy atom. The van der Waals surface area contributed by atoms with Crippen LogP contribution in [0.25, 0.3) is 0 Å². The Morgan fingerprint density at radius 3 is 2.41 bits per heavy atom. The maximum Gasteiger partial charge on any atom is 0.339 e. The summed E-state index contributed by atoms with van der Waals surface area (Å²) in [4.78, 5) is 59.6. The van der Waals surface area contributed by atoms with Crippen LogP contribution in [0.1, 0.15) is 20.7 Å². The summed E-state index contributed by atoms with van der Waals surface area (Å²) in [5, 5.41) is 16.2. The summed E-state index contributed by atoms with van der Waals surface area (Å²) >= 11 is 0. The second kappa shape index (κ2) is 10.2. The van der Waals surface area contributed by atoms with Gasteiger partial charge >= 0.3 is 17.2 Å². The van der Waals surface area contributed by atoms with Crippen molar-refractivity contribution in [3.05, 3.63) is 98.2 Å². The van der Waals surface area contributed by atoms with Crippen LogP contribution in [0.5, 0.6) is 0 Å². The number of carbonyl (C=O) groups excluding carboxylic acids is 3. The van der Waals surface area contributed by atoms with Crippen molar-refractivity contribution >= 4 is 34.8 Å². The van der Waals surface area contributed by atoms with Gasteiger partial charge in [-0.15, -0.1) is 0 Å². The highest BCUT2D eigenvalue weighted by atomic mass is 19.1. The van der Waals surface area contributed by atoms with Gasteiger partial charge < -0.3 is 15.4 Å². The topological polar surface area (TPSA) is 150 Å². The van der Waals surface area contributed by atoms with E-state index in [-0.39, 0.29) is 16.8 Å². The molecule has 0 aliphatic carbocycles. The zero-order chi connectivity index (χ0) is 24.8. The van der Waals surface area contributed by atoms with Gasteiger partial charge in [0, 0.05) is 18.0 Å². The summed E-state index contributed by atoms with van der Waals surface area (Å²) in [6, 6.07) is 11.8. The second-order valence-electron chi connectivity index (χ2n) is 6.85. The second-order valence-corrected chi connectivity index (χ2v) is 6.85. The highest BCUT2D eigenvalue weighted by Crippen LogP contribution is 2.18. The molecule has 2 aromatic carbocycles. The number of nitrogens with one attached hydrogen (secondary N) is 2. The van der Waals surface area contributed by atoms with Crippen LogP contribution in [0, 0.1) is 15.9 Å². The van der Waals surface area contributed by atoms with E-state index in [0.717, 1.165) is 19.4 Å². The lowest BCUT2D eigenvalue weighted by Crippen LogP contribution is -2.30. The molecule has 11 nitrogen and oxygen atoms in total. The first kappa shape index (κ1) is 23.8. The Morgan fingerprint density at radius 2 is 1.76 bits per heavy atom. The summed E-state index contributed by atoms with van der Waals surface area (Å²) in [7, 11) is 1.06. The summed E-state index contributed by atoms with van der Waals surface area (Å²) in [6.45, 7) is -0.682. The van der Waals surface area contributed by atoms with E-state index >= 15 is 0 Å². The van der Waals surface area contributed by atoms with Crippen LogP contribution in [-0.4, -0.2) is 34.4 Å². The lowest BCUT2D eigenvalue weighted by atomic mass is 10.1. The minimum absolute atomic E-state index is 0.0711. The van der Waals surface area contributed by atoms with Crippen molar-refractivity contribution in [2.24, 2.45) is 0 Å². The van der Waals surface area contributed by atoms with Gasteiger partial charge in [-0.3, -0.25) is 29.1 Å². The fraction of sp³-hybridized carbons (Fsp3) is 0.0909. The number of halogens is 1. The predicted molar refractivity (Wildman–Crippen MR) is 118 cm³/mol. The monoisotopic (exact) mass is 468 g/mol. The number of amides is 2. The van der Waals surface area contributed by atoms with E-state index in [0.29, 0.717) is 10.3 Å². The standard InChI is InChI=1S/C22H17FN4O7/c1-34-22(31)13-10-18(27(32)33)21(30)26(11-13)12-19(28)25-17-5-3-2-4-16(17)20(29)24-15-8-6-14(23)7-9-15/h2-11H,12H2,1H3,(H,24,29)(H,25,28). The summed E-state index contributed by atoms with van der Waals surface area (Å²) in [6.07, 6.45) is 0.966. The zero-order valence-corrected chi connectivity index (χ0v) is 17.6. The number of carbonyl (C=O) groups is 3. The van der Waals surface area contributed by atoms with Gasteiger partial charge in [0.1, 0.15) is 12.4 Å². The molecule has 3 rings (SSSR count). The molecule has 1 aromatic heterocycles. The number of nitrogens with zero attached hydrogens (tertiary/aromatic N) is 2. The molecule has 0 spiro atoms. The number of nitro groups is 1. The molecule has 174 valence electrons. The molecule has 34 heavy (non-hydrogen) atoms. The lowest BCUT2D eigenvalue weighted by molar-refractivity contribution is -0.386. The number of rotatable bonds is 7. The van der Waals surface area contributed by atoms with E-state index in [4.69, 9.17) is 0 Å². The van der Waals surface area contributed by atoms with Crippen LogP contribution >= 0.6 is 0 Å². The molecule has 0 saturated carbocycles. The molecule has 0 unspecified atom stereocenters. The summed E-state index contributed by atoms with van der Waals surface area (Å²) in [5.74, 6) is -2.79. The summed E-state index contributed by atoms with van der Waals surface area (Å²) < 4.78 is 18.3. The van der Waals surface area contributed by atoms with Gasteiger partial charge in [-0.1, -0.05) is 12.1 Å². The first-order valence-electron chi connectivity index (χ1n) is 9.62. The summed E-state index contributed by atoms with van der Waals surface area (Å²) in [5.41, 5.74) is -1.81. The molecule has 0 atom stereocenters. The Balaban J connectivity index is 1.83. The maximum atomic E-state index is 13.1. The maximum absolute atomic E-state index is 13.1. The minimum Gasteiger partial charge on any atom is -0.465 e. The van der Waals surface area contributed by atoms with E-state index in [1.54, 1.807) is 12.1 Å². The third-order valence-corrected chi connectivity index (χ3v) is 4.55. The van der Waals surface area contributed by atoms with Crippen molar-refractivity contribution in [1.29, 1.82) is 0 Å². The van der Waals surface area contributed by atoms with Crippen molar-refractivity contribution < 1.29 is 28.4 Å². The Labute approximate surface area is 190 Å². The molecule has 3 aromatic rings. The van der Waals surface area contributed by atoms with Crippen LogP contribution in [0.2, 0.25) is 0 Å². The minimum atomic E-state index is -1.10. The largest absolute Gasteiger partial charge is 0.465 e. The van der Waals surface area contributed by atoms with Gasteiger partial charge in [0.15, 0.2) is 0 Å². The quantitative estimate of drug-likeness (QED) is 0.307. The average Bonchev–Trinajstić information content (AvgIpc) is 2.81. The van der Waals surface area contributed by atoms with Gasteiger partial charge in [-0.2, -0.15) is 0 Å². The van der Waals surface area contributed by atoms with Crippen LogP contribution < -0.4 is 16.2 Å². The number of para-hydroxylation sites is 1. The van der Waals surface area contributed by atoms with E-state index < -0.39 is 46.3 Å². The molecule has 0 bridgehead atoms. The van der Waals surface area contributed by atoms with Gasteiger partial charge in [-0.25, -0.2) is 9.18 Å². The number of anilines is 2. The van der Waals surface area contributed by atoms with Gasteiger partial charge in [0.2, 0.25) is 5.91 Å². The molecule has 0 radical (unpaired) electrons. The van der Waals surface area contributed by atoms with Crippen LogP contribution in [-0.2, 0) is 16.1 Å². The fourth-order valence-electron chi connectivity index (χ4n) is 2.96. The van der Waals surface area contributed by atoms with Crippen molar-refractivity contribution in [2.75, 3.05) is 17.7 Å². The number of aromatic nitrogens is 1. The first-order valence-corrected chi connectivity index (χ1v) is 9.62. The molecular weight excluding hydrogens is 451 g/mol. The molecule has 0 aliphatic rings. The van der Waals surface area contributed by atoms with Crippen LogP contribution in [0.15, 0.2) is 65.6 Å². The van der Waals surface area contributed by atoms with Crippen molar-refractivity contribution in [2.45, 2.75) is 6.54 Å². The highest BCUT2D eigenvalue weighted by molar-refractivity contribution is 6.10. The predicted octanol–water partition coefficient (Wildman–Crippen LogP) is 2.57. The van der Waals surface area contributed by atoms with Crippen molar-refractivity contribution in [3.63, 3.8) is 0 Å². The first-order chi connectivity index (χ1) is 16.2. The smallest absolute Gasteiger partial charge is 0.339 e. The SMILES string of the molecule is COC(=O)c1cc([N+](=O)[O-])c(=O)n(CC(=O)Nc2ccccc2C(=O)Nc2ccc(F)cc2)c1. The van der Waals surface area contributed by atoms with Gasteiger partial charge in [0.05, 0.1) is 28.8 Å². The molecular formula is C22H17FN4O7. The molecule has 0 saturated heterocycles. The number of benzene rings is 2. The highest BCUT2D eigenvalue weighted by Gasteiger charge is 2.22. The van der Waals surface area contributed by atoms with Gasteiger partial charge in [-0.05, 0) is 36.4 Å². The van der Waals surface area contributed by atoms with Crippen LogP contribution in [0.4, 0.5) is 21.5 Å². The van der Waals surface area contributed by atoms with Crippen LogP contribution in [0.3, 0.4) is 0 Å². The van der Waals surface area contributed by atoms with Crippen molar-refractivity contribution in [1.82, 2.24) is 4.57 Å². The Kier molecular flexibility index (Phi) is 7.11. The van der Waals surface area contributed by atoms with E-state index in [1.807, 2.05) is 0 Å². The molecule has 2 amide bonds. The molecule has 12 heteroatoms. The van der Waals surface area contributed by atoms with E-state index in [1.165, 1.54) is 36.4 Å². The normalized spacial score (nSPS) is 10.3. The van der Waals surface area contributed by atoms with Gasteiger partial charge in [0.25, 0.3) is 5.91 Å². The molecule has 0 fully saturated rings. The number of esters is 1. The van der Waals surface area contributed by atoms with E-state index in [2.05, 4.69) is 15.4 Å².